The van der Waals surface area contributed by atoms with Crippen molar-refractivity contribution in [2.45, 2.75) is 32.6 Å². The highest BCUT2D eigenvalue weighted by Gasteiger charge is 2.51. The number of Topliss-reactive ketones (excluding diaryl/α,β-unsaturated/α-hetero) is 1. The summed E-state index contributed by atoms with van der Waals surface area (Å²) >= 11 is 0. The van der Waals surface area contributed by atoms with Crippen LogP contribution in [0.3, 0.4) is 0 Å². The molecule has 0 aliphatic heterocycles. The van der Waals surface area contributed by atoms with Crippen LogP contribution in [0.25, 0.3) is 0 Å². The van der Waals surface area contributed by atoms with E-state index >= 15 is 0 Å². The molecule has 0 bridgehead atoms. The summed E-state index contributed by atoms with van der Waals surface area (Å²) in [6.45, 7) is 2.33. The molecular formula is C12H16O. The molecule has 3 aliphatic rings. The number of ketones is 1. The lowest BCUT2D eigenvalue weighted by Gasteiger charge is -2.19. The Morgan fingerprint density at radius 3 is 2.92 bits per heavy atom. The van der Waals surface area contributed by atoms with Crippen molar-refractivity contribution in [1.82, 2.24) is 0 Å². The monoisotopic (exact) mass is 176 g/mol. The molecule has 3 rings (SSSR count). The molecule has 0 aromatic heterocycles. The van der Waals surface area contributed by atoms with Crippen LogP contribution >= 0.6 is 0 Å². The molecule has 0 saturated heterocycles. The summed E-state index contributed by atoms with van der Waals surface area (Å²) in [5.74, 6) is 3.11. The maximum atomic E-state index is 11.9. The number of carbonyl (C=O) groups is 1. The zero-order valence-electron chi connectivity index (χ0n) is 8.12. The normalized spacial score (nSPS) is 47.8. The van der Waals surface area contributed by atoms with Gasteiger partial charge in [0.05, 0.1) is 0 Å². The van der Waals surface area contributed by atoms with Crippen LogP contribution in [-0.4, -0.2) is 5.78 Å². The first-order valence-corrected chi connectivity index (χ1v) is 5.53. The molecule has 3 aliphatic carbocycles. The minimum atomic E-state index is 0.423. The highest BCUT2D eigenvalue weighted by atomic mass is 16.1. The van der Waals surface area contributed by atoms with Gasteiger partial charge in [0.15, 0.2) is 5.78 Å². The summed E-state index contributed by atoms with van der Waals surface area (Å²) in [5, 5.41) is 0. The lowest BCUT2D eigenvalue weighted by atomic mass is 9.84. The van der Waals surface area contributed by atoms with E-state index in [0.29, 0.717) is 17.6 Å². The van der Waals surface area contributed by atoms with Gasteiger partial charge in [0.25, 0.3) is 0 Å². The molecule has 1 heteroatoms. The van der Waals surface area contributed by atoms with E-state index in [-0.39, 0.29) is 0 Å². The lowest BCUT2D eigenvalue weighted by Crippen LogP contribution is -2.15. The van der Waals surface area contributed by atoms with Crippen LogP contribution in [0.1, 0.15) is 32.6 Å². The molecular weight excluding hydrogens is 160 g/mol. The van der Waals surface area contributed by atoms with Gasteiger partial charge in [0.2, 0.25) is 0 Å². The Labute approximate surface area is 79.2 Å². The van der Waals surface area contributed by atoms with Crippen molar-refractivity contribution in [3.8, 4) is 0 Å². The maximum absolute atomic E-state index is 11.9. The molecule has 0 heterocycles. The maximum Gasteiger partial charge on any atom is 0.162 e. The van der Waals surface area contributed by atoms with Gasteiger partial charge in [-0.3, -0.25) is 4.79 Å². The van der Waals surface area contributed by atoms with Crippen molar-refractivity contribution < 1.29 is 4.79 Å². The molecule has 2 fully saturated rings. The van der Waals surface area contributed by atoms with E-state index in [1.54, 1.807) is 0 Å². The Hall–Kier alpha value is -0.590. The Morgan fingerprint density at radius 2 is 2.08 bits per heavy atom. The lowest BCUT2D eigenvalue weighted by molar-refractivity contribution is -0.118. The van der Waals surface area contributed by atoms with E-state index < -0.39 is 0 Å². The molecule has 4 atom stereocenters. The van der Waals surface area contributed by atoms with E-state index in [0.717, 1.165) is 18.3 Å². The van der Waals surface area contributed by atoms with E-state index in [4.69, 9.17) is 0 Å². The Balaban J connectivity index is 2.02. The van der Waals surface area contributed by atoms with Crippen molar-refractivity contribution in [2.24, 2.45) is 23.7 Å². The second kappa shape index (κ2) is 2.46. The minimum Gasteiger partial charge on any atom is -0.294 e. The average molecular weight is 176 g/mol. The SMILES string of the molecule is CC1CC[C@@H]2C(=O)C3=CCC[C@H]3[C@H]12. The third-order valence-electron chi connectivity index (χ3n) is 4.38. The summed E-state index contributed by atoms with van der Waals surface area (Å²) in [5.41, 5.74) is 1.21. The zero-order chi connectivity index (χ0) is 9.00. The Kier molecular flexibility index (Phi) is 1.47. The van der Waals surface area contributed by atoms with E-state index in [1.807, 2.05) is 0 Å². The predicted molar refractivity (Wildman–Crippen MR) is 51.2 cm³/mol. The van der Waals surface area contributed by atoms with Crippen molar-refractivity contribution >= 4 is 5.78 Å². The van der Waals surface area contributed by atoms with Crippen molar-refractivity contribution in [1.29, 1.82) is 0 Å². The van der Waals surface area contributed by atoms with Crippen molar-refractivity contribution in [3.63, 3.8) is 0 Å². The first-order valence-electron chi connectivity index (χ1n) is 5.53. The highest BCUT2D eigenvalue weighted by molar-refractivity contribution is 6.01. The average Bonchev–Trinajstić information content (AvgIpc) is 2.71. The second-order valence-electron chi connectivity index (χ2n) is 4.95. The van der Waals surface area contributed by atoms with Gasteiger partial charge in [0.1, 0.15) is 0 Å². The fourth-order valence-corrected chi connectivity index (χ4v) is 3.83. The van der Waals surface area contributed by atoms with Gasteiger partial charge in [-0.1, -0.05) is 13.0 Å². The molecule has 0 spiro atoms. The van der Waals surface area contributed by atoms with Gasteiger partial charge >= 0.3 is 0 Å². The summed E-state index contributed by atoms with van der Waals surface area (Å²) in [6.07, 6.45) is 7.07. The van der Waals surface area contributed by atoms with Crippen LogP contribution in [0.15, 0.2) is 11.6 Å². The number of carbonyl (C=O) groups excluding carboxylic acids is 1. The molecule has 0 radical (unpaired) electrons. The smallest absolute Gasteiger partial charge is 0.162 e. The quantitative estimate of drug-likeness (QED) is 0.554. The molecule has 0 aromatic carbocycles. The Morgan fingerprint density at radius 1 is 1.23 bits per heavy atom. The molecule has 1 unspecified atom stereocenters. The molecule has 70 valence electrons. The van der Waals surface area contributed by atoms with Crippen LogP contribution in [0.2, 0.25) is 0 Å². The fourth-order valence-electron chi connectivity index (χ4n) is 3.83. The second-order valence-corrected chi connectivity index (χ2v) is 4.95. The van der Waals surface area contributed by atoms with Crippen molar-refractivity contribution in [2.75, 3.05) is 0 Å². The topological polar surface area (TPSA) is 17.1 Å². The van der Waals surface area contributed by atoms with Crippen LogP contribution in [0, 0.1) is 23.7 Å². The van der Waals surface area contributed by atoms with Crippen LogP contribution < -0.4 is 0 Å². The van der Waals surface area contributed by atoms with Gasteiger partial charge in [-0.2, -0.15) is 0 Å². The van der Waals surface area contributed by atoms with E-state index in [1.165, 1.54) is 24.8 Å². The minimum absolute atomic E-state index is 0.423. The highest BCUT2D eigenvalue weighted by Crippen LogP contribution is 2.54. The predicted octanol–water partition coefficient (Wildman–Crippen LogP) is 2.57. The van der Waals surface area contributed by atoms with Gasteiger partial charge in [0, 0.05) is 5.92 Å². The molecule has 0 N–H and O–H groups in total. The van der Waals surface area contributed by atoms with Crippen LogP contribution in [0.5, 0.6) is 0 Å². The summed E-state index contributed by atoms with van der Waals surface area (Å²) in [4.78, 5) is 11.9. The summed E-state index contributed by atoms with van der Waals surface area (Å²) in [6, 6.07) is 0. The largest absolute Gasteiger partial charge is 0.294 e. The summed E-state index contributed by atoms with van der Waals surface area (Å²) in [7, 11) is 0. The Bertz CT molecular complexity index is 289. The van der Waals surface area contributed by atoms with Crippen LogP contribution in [0.4, 0.5) is 0 Å². The standard InChI is InChI=1S/C12H16O/c1-7-5-6-10-11(7)8-3-2-4-9(8)12(10)13/h4,7-8,10-11H,2-3,5-6H2,1H3/t7?,8-,10+,11+/m1/s1. The van der Waals surface area contributed by atoms with Gasteiger partial charge in [-0.15, -0.1) is 0 Å². The molecule has 2 saturated carbocycles. The number of hydrogen-bond donors (Lipinski definition) is 0. The molecule has 1 nitrogen and oxygen atoms in total. The van der Waals surface area contributed by atoms with Gasteiger partial charge in [-0.25, -0.2) is 0 Å². The van der Waals surface area contributed by atoms with Gasteiger partial charge < -0.3 is 0 Å². The van der Waals surface area contributed by atoms with Gasteiger partial charge in [-0.05, 0) is 49.0 Å². The summed E-state index contributed by atoms with van der Waals surface area (Å²) < 4.78 is 0. The van der Waals surface area contributed by atoms with E-state index in [9.17, 15) is 4.79 Å². The molecule has 0 amide bonds. The number of hydrogen-bond acceptors (Lipinski definition) is 1. The van der Waals surface area contributed by atoms with Crippen LogP contribution in [-0.2, 0) is 4.79 Å². The number of allylic oxidation sites excluding steroid dienone is 2. The van der Waals surface area contributed by atoms with Crippen molar-refractivity contribution in [3.05, 3.63) is 11.6 Å². The fraction of sp³-hybridized carbons (Fsp3) is 0.750. The zero-order valence-corrected chi connectivity index (χ0v) is 8.12. The molecule has 0 aromatic rings. The first kappa shape index (κ1) is 7.78. The number of rotatable bonds is 0. The third-order valence-corrected chi connectivity index (χ3v) is 4.38. The third kappa shape index (κ3) is 0.853. The first-order chi connectivity index (χ1) is 6.29. The van der Waals surface area contributed by atoms with E-state index in [2.05, 4.69) is 13.0 Å². The molecule has 13 heavy (non-hydrogen) atoms. The number of fused-ring (bicyclic) bond motifs is 3.